The van der Waals surface area contributed by atoms with Crippen molar-refractivity contribution in [1.82, 2.24) is 35.5 Å². The lowest BCUT2D eigenvalue weighted by Gasteiger charge is -2.32. The first-order chi connectivity index (χ1) is 31.4. The maximum atomic E-state index is 14.0. The largest absolute Gasteiger partial charge is 0.453 e. The number of aromatic amines is 2. The first-order valence-electron chi connectivity index (χ1n) is 23.4. The summed E-state index contributed by atoms with van der Waals surface area (Å²) in [6, 6.07) is 18.2. The summed E-state index contributed by atoms with van der Waals surface area (Å²) in [7, 11) is 2.62. The maximum Gasteiger partial charge on any atom is 0.410 e. The first kappa shape index (κ1) is 41.4. The molecule has 6 aliphatic rings. The molecule has 14 nitrogen and oxygen atoms in total. The smallest absolute Gasteiger partial charge is 0.410 e. The van der Waals surface area contributed by atoms with Crippen LogP contribution in [-0.2, 0) is 25.5 Å². The molecule has 9 unspecified atom stereocenters. The number of hydrogen-bond donors (Lipinski definition) is 4. The van der Waals surface area contributed by atoms with Gasteiger partial charge < -0.3 is 35.0 Å². The average Bonchev–Trinajstić information content (AvgIpc) is 3.83. The van der Waals surface area contributed by atoms with E-state index in [4.69, 9.17) is 19.4 Å². The van der Waals surface area contributed by atoms with Gasteiger partial charge in [-0.15, -0.1) is 0 Å². The number of nitrogens with one attached hydrogen (secondary N) is 4. The molecule has 14 heteroatoms. The van der Waals surface area contributed by atoms with Crippen molar-refractivity contribution < 1.29 is 33.2 Å². The zero-order valence-electron chi connectivity index (χ0n) is 37.8. The number of aromatic nitrogens is 4. The molecule has 336 valence electrons. The molecule has 4 heterocycles. The number of imidazole rings is 2. The highest BCUT2D eigenvalue weighted by Gasteiger charge is 2.58. The highest BCUT2D eigenvalue weighted by atomic mass is 16.5. The highest BCUT2D eigenvalue weighted by molar-refractivity contribution is 6.02. The molecule has 3 aromatic carbocycles. The van der Waals surface area contributed by atoms with Gasteiger partial charge in [-0.2, -0.15) is 4.58 Å². The fourth-order valence-electron chi connectivity index (χ4n) is 11.7. The number of carbonyl (C=O) groups excluding carboxylic acids is 4. The lowest BCUT2D eigenvalue weighted by Crippen LogP contribution is -2.52. The number of ether oxygens (including phenoxy) is 2. The van der Waals surface area contributed by atoms with E-state index >= 15 is 0 Å². The normalized spacial score (nSPS) is 25.4. The van der Waals surface area contributed by atoms with Crippen LogP contribution in [0.15, 0.2) is 60.8 Å². The van der Waals surface area contributed by atoms with Gasteiger partial charge in [-0.05, 0) is 113 Å². The van der Waals surface area contributed by atoms with Crippen molar-refractivity contribution in [2.75, 3.05) is 14.2 Å². The molecule has 4 amide bonds. The van der Waals surface area contributed by atoms with E-state index in [0.717, 1.165) is 77.3 Å². The Hall–Kier alpha value is -6.31. The van der Waals surface area contributed by atoms with Crippen molar-refractivity contribution in [2.24, 2.45) is 29.6 Å². The van der Waals surface area contributed by atoms with E-state index in [-0.39, 0.29) is 41.8 Å². The Morgan fingerprint density at radius 1 is 0.769 bits per heavy atom. The Bertz CT molecular complexity index is 2800. The molecule has 4 fully saturated rings. The molecule has 5 aromatic rings. The maximum absolute atomic E-state index is 14.0. The molecular weight excluding hydrogens is 821 g/mol. The summed E-state index contributed by atoms with van der Waals surface area (Å²) in [6.45, 7) is 7.73. The third kappa shape index (κ3) is 7.02. The number of methoxy groups -OCH3 is 2. The first-order valence-corrected chi connectivity index (χ1v) is 23.4. The number of amides is 4. The molecule has 0 spiro atoms. The zero-order valence-corrected chi connectivity index (χ0v) is 37.8. The molecule has 0 radical (unpaired) electrons. The Balaban J connectivity index is 0.841. The molecule has 2 aliphatic heterocycles. The molecule has 4 aliphatic carbocycles. The van der Waals surface area contributed by atoms with Crippen molar-refractivity contribution in [1.29, 1.82) is 0 Å². The summed E-state index contributed by atoms with van der Waals surface area (Å²) in [5.74, 6) is 3.16. The average molecular weight is 878 g/mol. The third-order valence-electron chi connectivity index (χ3n) is 15.4. The second-order valence-corrected chi connectivity index (χ2v) is 19.9. The van der Waals surface area contributed by atoms with Crippen molar-refractivity contribution in [3.8, 4) is 33.5 Å². The summed E-state index contributed by atoms with van der Waals surface area (Å²) < 4.78 is 11.6. The molecule has 3 saturated carbocycles. The van der Waals surface area contributed by atoms with Crippen molar-refractivity contribution in [2.45, 2.75) is 109 Å². The van der Waals surface area contributed by atoms with Crippen LogP contribution in [0.2, 0.25) is 0 Å². The molecule has 65 heavy (non-hydrogen) atoms. The minimum atomic E-state index is -0.697. The van der Waals surface area contributed by atoms with E-state index in [2.05, 4.69) is 75.2 Å². The summed E-state index contributed by atoms with van der Waals surface area (Å²) >= 11 is 0. The number of likely N-dealkylation sites (tertiary alicyclic amines) is 1. The van der Waals surface area contributed by atoms with Gasteiger partial charge in [0.05, 0.1) is 49.1 Å². The third-order valence-corrected chi connectivity index (χ3v) is 15.4. The van der Waals surface area contributed by atoms with Gasteiger partial charge in [0.1, 0.15) is 11.9 Å². The monoisotopic (exact) mass is 877 g/mol. The Labute approximate surface area is 378 Å². The summed E-state index contributed by atoms with van der Waals surface area (Å²) in [6.07, 6.45) is 7.72. The van der Waals surface area contributed by atoms with E-state index < -0.39 is 24.3 Å². The molecule has 9 atom stereocenters. The number of piperidine rings is 1. The van der Waals surface area contributed by atoms with Crippen LogP contribution in [0.3, 0.4) is 0 Å². The molecule has 0 bridgehead atoms. The van der Waals surface area contributed by atoms with Gasteiger partial charge in [-0.1, -0.05) is 70.2 Å². The molecule has 1 saturated heterocycles. The number of H-pyrrole nitrogens is 2. The molecule has 4 N–H and O–H groups in total. The van der Waals surface area contributed by atoms with Crippen LogP contribution in [0.1, 0.15) is 107 Å². The fourth-order valence-corrected chi connectivity index (χ4v) is 11.7. The SMILES string of the molecule is COC(=O)NC(C(=O)N1C(c2ncc(-c3ccc(-c4ccc(-c5ccc6nc(C7CC8CC8=[N+]7C(=O)C(NC(=O)OC)C(C)C)[nH]c6c5)c5c4C4CCC4C5)cc3)[nH]2)CC2CC21)C(C)C. The van der Waals surface area contributed by atoms with Crippen LogP contribution >= 0.6 is 0 Å². The molecule has 11 rings (SSSR count). The Morgan fingerprint density at radius 2 is 1.48 bits per heavy atom. The minimum absolute atomic E-state index is 0.0878. The van der Waals surface area contributed by atoms with E-state index in [1.165, 1.54) is 54.9 Å². The number of carbonyl (C=O) groups is 4. The van der Waals surface area contributed by atoms with Crippen LogP contribution in [-0.4, -0.2) is 91.5 Å². The van der Waals surface area contributed by atoms with Crippen LogP contribution in [0, 0.1) is 29.6 Å². The van der Waals surface area contributed by atoms with Crippen LogP contribution in [0.25, 0.3) is 44.5 Å². The quantitative estimate of drug-likeness (QED) is 0.0961. The standard InChI is InChI=1S/C51H56N8O6/c1-24(2)44(56-50(62)64-5)48(60)58-39-19-30(39)21-41(58)46-52-23-38(55-46)27-9-7-26(8-10-27)33-15-14-32(35-17-28-11-13-34(28)43(33)35)29-12-16-36-37(18-29)54-47(53-36)42-22-31-20-40(31)59(42)49(61)45(25(3)4)57-51(63)65-6/h7-10,12,14-16,18,23-25,28,30-31,34,39,41-42,44-45H,11,13,17,19-22H2,1-6H3,(H3-,52,53,54,55,56,57,62,63)/p+1. The van der Waals surface area contributed by atoms with Gasteiger partial charge in [0, 0.05) is 18.9 Å². The fraction of sp³-hybridized carbons (Fsp3) is 0.471. The second-order valence-electron chi connectivity index (χ2n) is 19.9. The second kappa shape index (κ2) is 15.7. The van der Waals surface area contributed by atoms with Crippen molar-refractivity contribution in [3.05, 3.63) is 83.6 Å². The van der Waals surface area contributed by atoms with Gasteiger partial charge in [-0.25, -0.2) is 24.4 Å². The van der Waals surface area contributed by atoms with Gasteiger partial charge in [0.2, 0.25) is 11.9 Å². The van der Waals surface area contributed by atoms with Gasteiger partial charge >= 0.3 is 18.1 Å². The minimum Gasteiger partial charge on any atom is -0.453 e. The summed E-state index contributed by atoms with van der Waals surface area (Å²) in [4.78, 5) is 71.2. The lowest BCUT2D eigenvalue weighted by molar-refractivity contribution is -0.491. The Kier molecular flexibility index (Phi) is 10.00. The summed E-state index contributed by atoms with van der Waals surface area (Å²) in [5.41, 5.74) is 12.7. The number of rotatable bonds is 11. The van der Waals surface area contributed by atoms with Gasteiger partial charge in [-0.3, -0.25) is 4.79 Å². The Morgan fingerprint density at radius 3 is 2.18 bits per heavy atom. The van der Waals surface area contributed by atoms with Gasteiger partial charge in [0.25, 0.3) is 0 Å². The number of nitrogens with zero attached hydrogens (tertiary/aromatic N) is 4. The number of alkyl carbamates (subject to hydrolysis) is 2. The van der Waals surface area contributed by atoms with E-state index in [9.17, 15) is 19.2 Å². The molecular formula is C51H57N8O6+. The van der Waals surface area contributed by atoms with E-state index in [1.54, 1.807) is 0 Å². The van der Waals surface area contributed by atoms with Gasteiger partial charge in [0.15, 0.2) is 17.6 Å². The van der Waals surface area contributed by atoms with Crippen LogP contribution in [0.5, 0.6) is 0 Å². The summed E-state index contributed by atoms with van der Waals surface area (Å²) in [5, 5.41) is 5.53. The van der Waals surface area contributed by atoms with E-state index in [1.807, 2.05) is 43.4 Å². The molecule has 2 aromatic heterocycles. The predicted octanol–water partition coefficient (Wildman–Crippen LogP) is 8.20. The number of hydrogen-bond acceptors (Lipinski definition) is 8. The van der Waals surface area contributed by atoms with Crippen molar-refractivity contribution >= 4 is 40.7 Å². The number of benzene rings is 3. The topological polar surface area (TPSA) is 174 Å². The van der Waals surface area contributed by atoms with Crippen LogP contribution < -0.4 is 10.6 Å². The van der Waals surface area contributed by atoms with E-state index in [0.29, 0.717) is 23.7 Å². The van der Waals surface area contributed by atoms with Crippen molar-refractivity contribution in [3.63, 3.8) is 0 Å². The zero-order chi connectivity index (χ0) is 45.0. The van der Waals surface area contributed by atoms with Crippen LogP contribution in [0.4, 0.5) is 9.59 Å². The lowest BCUT2D eigenvalue weighted by atomic mass is 9.73. The number of fused-ring (bicyclic) bond motifs is 6. The highest BCUT2D eigenvalue weighted by Crippen LogP contribution is 2.57. The predicted molar refractivity (Wildman–Crippen MR) is 244 cm³/mol.